The van der Waals surface area contributed by atoms with Gasteiger partial charge < -0.3 is 5.11 Å². The number of aromatic nitrogens is 1. The number of anilines is 1. The fourth-order valence-electron chi connectivity index (χ4n) is 1.94. The molecule has 2 aromatic rings. The molecular weight excluding hydrogens is 304 g/mol. The van der Waals surface area contributed by atoms with Crippen molar-refractivity contribution < 1.29 is 18.3 Å². The number of benzene rings is 1. The lowest BCUT2D eigenvalue weighted by Gasteiger charge is -2.11. The molecule has 0 fully saturated rings. The van der Waals surface area contributed by atoms with Gasteiger partial charge in [-0.15, -0.1) is 0 Å². The lowest BCUT2D eigenvalue weighted by Crippen LogP contribution is -2.14. The molecule has 2 rings (SSSR count). The van der Waals surface area contributed by atoms with Crippen LogP contribution in [0.15, 0.2) is 53.6 Å². The van der Waals surface area contributed by atoms with E-state index in [1.165, 1.54) is 12.1 Å². The Bertz CT molecular complexity index is 745. The van der Waals surface area contributed by atoms with Crippen LogP contribution in [0.2, 0.25) is 0 Å². The Hall–Kier alpha value is -2.41. The third kappa shape index (κ3) is 4.29. The van der Waals surface area contributed by atoms with Gasteiger partial charge in [-0.05, 0) is 37.1 Å². The third-order valence-corrected chi connectivity index (χ3v) is 4.37. The number of carboxylic acid groups (broad SMARTS) is 1. The summed E-state index contributed by atoms with van der Waals surface area (Å²) in [7, 11) is -3.68. The molecule has 2 N–H and O–H groups in total. The number of aliphatic carboxylic acids is 1. The van der Waals surface area contributed by atoms with Gasteiger partial charge in [0.15, 0.2) is 0 Å². The molecule has 0 aliphatic heterocycles. The molecule has 1 heterocycles. The predicted octanol–water partition coefficient (Wildman–Crippen LogP) is 2.29. The Morgan fingerprint density at radius 1 is 1.14 bits per heavy atom. The highest BCUT2D eigenvalue weighted by molar-refractivity contribution is 7.92. The number of sulfonamides is 1. The highest BCUT2D eigenvalue weighted by Gasteiger charge is 2.15. The van der Waals surface area contributed by atoms with Crippen molar-refractivity contribution in [3.63, 3.8) is 0 Å². The number of nitrogens with one attached hydrogen (secondary N) is 1. The first-order valence-corrected chi connectivity index (χ1v) is 8.21. The Labute approximate surface area is 128 Å². The van der Waals surface area contributed by atoms with Gasteiger partial charge in [0.25, 0.3) is 10.0 Å². The van der Waals surface area contributed by atoms with Gasteiger partial charge in [0.05, 0.1) is 16.3 Å². The topological polar surface area (TPSA) is 96.4 Å². The first-order chi connectivity index (χ1) is 10.5. The number of nitrogens with zero attached hydrogens (tertiary/aromatic N) is 1. The molecule has 6 nitrogen and oxygen atoms in total. The number of hydrogen-bond acceptors (Lipinski definition) is 4. The van der Waals surface area contributed by atoms with Crippen molar-refractivity contribution in [2.24, 2.45) is 0 Å². The van der Waals surface area contributed by atoms with Crippen LogP contribution in [0.1, 0.15) is 18.5 Å². The SMILES string of the molecule is O=C(O)CCCc1ncccc1NS(=O)(=O)c1ccccc1. The predicted molar refractivity (Wildman–Crippen MR) is 82.1 cm³/mol. The van der Waals surface area contributed by atoms with E-state index in [1.54, 1.807) is 36.5 Å². The highest BCUT2D eigenvalue weighted by Crippen LogP contribution is 2.19. The van der Waals surface area contributed by atoms with E-state index in [2.05, 4.69) is 9.71 Å². The minimum absolute atomic E-state index is 0.0153. The van der Waals surface area contributed by atoms with Gasteiger partial charge in [0.1, 0.15) is 0 Å². The smallest absolute Gasteiger partial charge is 0.303 e. The van der Waals surface area contributed by atoms with E-state index >= 15 is 0 Å². The zero-order chi connectivity index (χ0) is 16.0. The summed E-state index contributed by atoms with van der Waals surface area (Å²) in [6.45, 7) is 0. The molecule has 7 heteroatoms. The van der Waals surface area contributed by atoms with E-state index in [-0.39, 0.29) is 11.3 Å². The van der Waals surface area contributed by atoms with Crippen molar-refractivity contribution in [2.75, 3.05) is 4.72 Å². The molecule has 1 aromatic heterocycles. The Kier molecular flexibility index (Phi) is 5.11. The van der Waals surface area contributed by atoms with Gasteiger partial charge in [-0.1, -0.05) is 18.2 Å². The van der Waals surface area contributed by atoms with Crippen LogP contribution in [0.3, 0.4) is 0 Å². The van der Waals surface area contributed by atoms with Gasteiger partial charge in [-0.25, -0.2) is 8.42 Å². The van der Waals surface area contributed by atoms with E-state index in [0.717, 1.165) is 0 Å². The Balaban J connectivity index is 2.17. The summed E-state index contributed by atoms with van der Waals surface area (Å²) in [6, 6.07) is 11.3. The second kappa shape index (κ2) is 7.04. The summed E-state index contributed by atoms with van der Waals surface area (Å²) < 4.78 is 27.1. The van der Waals surface area contributed by atoms with Crippen LogP contribution in [0.5, 0.6) is 0 Å². The Morgan fingerprint density at radius 3 is 2.55 bits per heavy atom. The minimum Gasteiger partial charge on any atom is -0.481 e. The lowest BCUT2D eigenvalue weighted by molar-refractivity contribution is -0.137. The first kappa shape index (κ1) is 16.0. The summed E-state index contributed by atoms with van der Waals surface area (Å²) >= 11 is 0. The molecule has 0 atom stereocenters. The summed E-state index contributed by atoms with van der Waals surface area (Å²) in [4.78, 5) is 14.9. The van der Waals surface area contributed by atoms with E-state index in [9.17, 15) is 13.2 Å². The van der Waals surface area contributed by atoms with E-state index in [4.69, 9.17) is 5.11 Å². The van der Waals surface area contributed by atoms with E-state index in [1.807, 2.05) is 0 Å². The molecule has 22 heavy (non-hydrogen) atoms. The zero-order valence-corrected chi connectivity index (χ0v) is 12.6. The molecule has 0 aliphatic rings. The third-order valence-electron chi connectivity index (χ3n) is 2.99. The van der Waals surface area contributed by atoms with Crippen LogP contribution in [0.25, 0.3) is 0 Å². The number of rotatable bonds is 7. The van der Waals surface area contributed by atoms with Crippen LogP contribution >= 0.6 is 0 Å². The monoisotopic (exact) mass is 320 g/mol. The van der Waals surface area contributed by atoms with Gasteiger partial charge in [0, 0.05) is 12.6 Å². The largest absolute Gasteiger partial charge is 0.481 e. The maximum absolute atomic E-state index is 12.3. The average Bonchev–Trinajstić information content (AvgIpc) is 2.49. The van der Waals surface area contributed by atoms with E-state index < -0.39 is 16.0 Å². The van der Waals surface area contributed by atoms with Crippen LogP contribution in [-0.4, -0.2) is 24.5 Å². The van der Waals surface area contributed by atoms with Crippen LogP contribution in [0, 0.1) is 0 Å². The fourth-order valence-corrected chi connectivity index (χ4v) is 3.05. The second-order valence-electron chi connectivity index (χ2n) is 4.66. The van der Waals surface area contributed by atoms with Crippen molar-refractivity contribution in [2.45, 2.75) is 24.2 Å². The quantitative estimate of drug-likeness (QED) is 0.816. The summed E-state index contributed by atoms with van der Waals surface area (Å²) in [6.07, 6.45) is 2.35. The van der Waals surface area contributed by atoms with Gasteiger partial charge in [-0.3, -0.25) is 14.5 Å². The van der Waals surface area contributed by atoms with Crippen molar-refractivity contribution in [3.8, 4) is 0 Å². The molecule has 0 radical (unpaired) electrons. The lowest BCUT2D eigenvalue weighted by atomic mass is 10.1. The highest BCUT2D eigenvalue weighted by atomic mass is 32.2. The summed E-state index contributed by atoms with van der Waals surface area (Å²) in [5, 5.41) is 8.66. The first-order valence-electron chi connectivity index (χ1n) is 6.72. The maximum Gasteiger partial charge on any atom is 0.303 e. The molecule has 0 spiro atoms. The van der Waals surface area contributed by atoms with E-state index in [0.29, 0.717) is 24.2 Å². The zero-order valence-electron chi connectivity index (χ0n) is 11.8. The average molecular weight is 320 g/mol. The molecule has 1 aromatic carbocycles. The van der Waals surface area contributed by atoms with Crippen molar-refractivity contribution in [3.05, 3.63) is 54.4 Å². The number of pyridine rings is 1. The standard InChI is InChI=1S/C15H16N2O4S/c18-15(19)10-4-8-13-14(9-5-11-16-13)17-22(20,21)12-6-2-1-3-7-12/h1-3,5-7,9,11,17H,4,8,10H2,(H,18,19). The molecule has 0 saturated carbocycles. The molecule has 0 unspecified atom stereocenters. The molecule has 0 bridgehead atoms. The summed E-state index contributed by atoms with van der Waals surface area (Å²) in [5.74, 6) is -0.887. The molecule has 0 amide bonds. The van der Waals surface area contributed by atoms with Crippen LogP contribution in [0.4, 0.5) is 5.69 Å². The van der Waals surface area contributed by atoms with Crippen LogP contribution < -0.4 is 4.72 Å². The molecular formula is C15H16N2O4S. The van der Waals surface area contributed by atoms with Crippen LogP contribution in [-0.2, 0) is 21.2 Å². The Morgan fingerprint density at radius 2 is 1.86 bits per heavy atom. The molecule has 0 saturated heterocycles. The normalized spacial score (nSPS) is 11.1. The molecule has 116 valence electrons. The maximum atomic E-state index is 12.3. The van der Waals surface area contributed by atoms with Crippen molar-refractivity contribution in [1.29, 1.82) is 0 Å². The minimum atomic E-state index is -3.68. The summed E-state index contributed by atoms with van der Waals surface area (Å²) in [5.41, 5.74) is 0.903. The number of hydrogen-bond donors (Lipinski definition) is 2. The number of carbonyl (C=O) groups is 1. The van der Waals surface area contributed by atoms with Gasteiger partial charge >= 0.3 is 5.97 Å². The van der Waals surface area contributed by atoms with Gasteiger partial charge in [0.2, 0.25) is 0 Å². The molecule has 0 aliphatic carbocycles. The number of carboxylic acids is 1. The van der Waals surface area contributed by atoms with Crippen molar-refractivity contribution >= 4 is 21.7 Å². The number of aryl methyl sites for hydroxylation is 1. The fraction of sp³-hybridized carbons (Fsp3) is 0.200. The van der Waals surface area contributed by atoms with Crippen molar-refractivity contribution in [1.82, 2.24) is 4.98 Å². The van der Waals surface area contributed by atoms with Gasteiger partial charge in [-0.2, -0.15) is 0 Å². The second-order valence-corrected chi connectivity index (χ2v) is 6.35.